The Morgan fingerprint density at radius 2 is 1.65 bits per heavy atom. The van der Waals surface area contributed by atoms with Crippen LogP contribution < -0.4 is 0 Å². The first-order valence-electron chi connectivity index (χ1n) is 7.06. The van der Waals surface area contributed by atoms with Crippen molar-refractivity contribution in [1.29, 1.82) is 0 Å². The molecule has 1 heteroatoms. The fraction of sp³-hybridized carbons (Fsp3) is 0.562. The van der Waals surface area contributed by atoms with Gasteiger partial charge in [0.15, 0.2) is 0 Å². The maximum Gasteiger partial charge on any atom is 0.0629 e. The lowest BCUT2D eigenvalue weighted by molar-refractivity contribution is 0.261. The molecule has 0 radical (unpaired) electrons. The summed E-state index contributed by atoms with van der Waals surface area (Å²) in [6.07, 6.45) is 9.71. The van der Waals surface area contributed by atoms with Crippen molar-refractivity contribution >= 4 is 11.4 Å². The SMILES string of the molecule is c1ccc(/N=C2\CCCC3CCCCC23)cc1. The summed E-state index contributed by atoms with van der Waals surface area (Å²) in [5, 5.41) is 0. The maximum atomic E-state index is 4.92. The van der Waals surface area contributed by atoms with E-state index in [-0.39, 0.29) is 0 Å². The van der Waals surface area contributed by atoms with Crippen molar-refractivity contribution < 1.29 is 0 Å². The predicted molar refractivity (Wildman–Crippen MR) is 72.8 cm³/mol. The Bertz CT molecular complexity index is 391. The highest BCUT2D eigenvalue weighted by Gasteiger charge is 2.31. The van der Waals surface area contributed by atoms with Crippen molar-refractivity contribution in [2.45, 2.75) is 44.9 Å². The predicted octanol–water partition coefficient (Wildman–Crippen LogP) is 4.75. The minimum absolute atomic E-state index is 0.803. The molecule has 2 saturated carbocycles. The number of hydrogen-bond donors (Lipinski definition) is 0. The third-order valence-corrected chi connectivity index (χ3v) is 4.37. The second-order valence-electron chi connectivity index (χ2n) is 5.48. The van der Waals surface area contributed by atoms with Gasteiger partial charge in [0.2, 0.25) is 0 Å². The number of hydrogen-bond acceptors (Lipinski definition) is 1. The van der Waals surface area contributed by atoms with E-state index in [2.05, 4.69) is 30.3 Å². The molecule has 90 valence electrons. The van der Waals surface area contributed by atoms with E-state index in [1.54, 1.807) is 0 Å². The van der Waals surface area contributed by atoms with Crippen LogP contribution in [0.1, 0.15) is 44.9 Å². The Morgan fingerprint density at radius 3 is 2.53 bits per heavy atom. The summed E-state index contributed by atoms with van der Waals surface area (Å²) in [6, 6.07) is 10.5. The highest BCUT2D eigenvalue weighted by molar-refractivity contribution is 5.90. The molecule has 17 heavy (non-hydrogen) atoms. The van der Waals surface area contributed by atoms with Gasteiger partial charge in [-0.2, -0.15) is 0 Å². The monoisotopic (exact) mass is 227 g/mol. The zero-order chi connectivity index (χ0) is 11.5. The molecule has 0 aliphatic heterocycles. The number of nitrogens with zero attached hydrogens (tertiary/aromatic N) is 1. The number of fused-ring (bicyclic) bond motifs is 1. The Hall–Kier alpha value is -1.11. The summed E-state index contributed by atoms with van der Waals surface area (Å²) in [5.74, 6) is 1.75. The first-order valence-corrected chi connectivity index (χ1v) is 7.06. The van der Waals surface area contributed by atoms with Crippen LogP contribution in [0.15, 0.2) is 35.3 Å². The molecule has 1 aromatic rings. The first-order chi connectivity index (χ1) is 8.43. The van der Waals surface area contributed by atoms with E-state index in [4.69, 9.17) is 4.99 Å². The highest BCUT2D eigenvalue weighted by atomic mass is 14.8. The quantitative estimate of drug-likeness (QED) is 0.656. The van der Waals surface area contributed by atoms with Gasteiger partial charge in [0.05, 0.1) is 5.69 Å². The highest BCUT2D eigenvalue weighted by Crippen LogP contribution is 2.39. The van der Waals surface area contributed by atoms with E-state index in [9.17, 15) is 0 Å². The molecule has 3 rings (SSSR count). The summed E-state index contributed by atoms with van der Waals surface area (Å²) in [4.78, 5) is 4.92. The van der Waals surface area contributed by atoms with Crippen LogP contribution in [-0.2, 0) is 0 Å². The summed E-state index contributed by atoms with van der Waals surface area (Å²) in [5.41, 5.74) is 2.64. The van der Waals surface area contributed by atoms with Crippen LogP contribution >= 0.6 is 0 Å². The number of rotatable bonds is 1. The lowest BCUT2D eigenvalue weighted by Crippen LogP contribution is -2.31. The summed E-state index contributed by atoms with van der Waals surface area (Å²) in [6.45, 7) is 0. The molecule has 0 spiro atoms. The number of para-hydroxylation sites is 1. The average Bonchev–Trinajstić information content (AvgIpc) is 2.40. The Kier molecular flexibility index (Phi) is 3.26. The molecular formula is C16H21N. The summed E-state index contributed by atoms with van der Waals surface area (Å²) >= 11 is 0. The molecule has 1 aromatic carbocycles. The minimum atomic E-state index is 0.803. The van der Waals surface area contributed by atoms with E-state index in [1.807, 2.05) is 0 Å². The largest absolute Gasteiger partial charge is 0.258 e. The van der Waals surface area contributed by atoms with E-state index in [0.717, 1.165) is 17.5 Å². The van der Waals surface area contributed by atoms with Crippen molar-refractivity contribution in [2.24, 2.45) is 16.8 Å². The third kappa shape index (κ3) is 2.43. The van der Waals surface area contributed by atoms with Crippen molar-refractivity contribution in [3.05, 3.63) is 30.3 Å². The molecule has 0 N–H and O–H groups in total. The maximum absolute atomic E-state index is 4.92. The summed E-state index contributed by atoms with van der Waals surface area (Å²) < 4.78 is 0. The minimum Gasteiger partial charge on any atom is -0.258 e. The zero-order valence-electron chi connectivity index (χ0n) is 10.4. The second kappa shape index (κ2) is 5.03. The Labute approximate surface area is 104 Å². The van der Waals surface area contributed by atoms with Crippen LogP contribution in [0.2, 0.25) is 0 Å². The second-order valence-corrected chi connectivity index (χ2v) is 5.48. The van der Waals surface area contributed by atoms with Crippen LogP contribution in [0.4, 0.5) is 5.69 Å². The van der Waals surface area contributed by atoms with Gasteiger partial charge in [0.1, 0.15) is 0 Å². The van der Waals surface area contributed by atoms with Crippen molar-refractivity contribution in [2.75, 3.05) is 0 Å². The third-order valence-electron chi connectivity index (χ3n) is 4.37. The van der Waals surface area contributed by atoms with E-state index >= 15 is 0 Å². The van der Waals surface area contributed by atoms with Crippen molar-refractivity contribution in [1.82, 2.24) is 0 Å². The first kappa shape index (κ1) is 11.0. The smallest absolute Gasteiger partial charge is 0.0629 e. The van der Waals surface area contributed by atoms with Crippen LogP contribution in [0.25, 0.3) is 0 Å². The fourth-order valence-corrected chi connectivity index (χ4v) is 3.53. The van der Waals surface area contributed by atoms with Gasteiger partial charge in [-0.05, 0) is 50.2 Å². The summed E-state index contributed by atoms with van der Waals surface area (Å²) in [7, 11) is 0. The van der Waals surface area contributed by atoms with Crippen molar-refractivity contribution in [3.63, 3.8) is 0 Å². The number of benzene rings is 1. The fourth-order valence-electron chi connectivity index (χ4n) is 3.53. The lowest BCUT2D eigenvalue weighted by atomic mass is 9.70. The topological polar surface area (TPSA) is 12.4 Å². The van der Waals surface area contributed by atoms with Crippen LogP contribution in [0.3, 0.4) is 0 Å². The molecule has 2 fully saturated rings. The van der Waals surface area contributed by atoms with Gasteiger partial charge in [0, 0.05) is 11.6 Å². The molecule has 2 atom stereocenters. The standard InChI is InChI=1S/C16H21N/c1-2-9-14(10-3-1)17-16-12-6-8-13-7-4-5-11-15(13)16/h1-3,9-10,13,15H,4-8,11-12H2/b17-16+. The molecule has 0 aromatic heterocycles. The molecule has 2 unspecified atom stereocenters. The lowest BCUT2D eigenvalue weighted by Gasteiger charge is -2.36. The Morgan fingerprint density at radius 1 is 0.882 bits per heavy atom. The van der Waals surface area contributed by atoms with Gasteiger partial charge in [-0.1, -0.05) is 31.0 Å². The molecule has 0 bridgehead atoms. The zero-order valence-corrected chi connectivity index (χ0v) is 10.4. The molecule has 2 aliphatic rings. The molecule has 2 aliphatic carbocycles. The van der Waals surface area contributed by atoms with E-state index in [0.29, 0.717) is 0 Å². The van der Waals surface area contributed by atoms with Crippen molar-refractivity contribution in [3.8, 4) is 0 Å². The van der Waals surface area contributed by atoms with Crippen LogP contribution in [-0.4, -0.2) is 5.71 Å². The van der Waals surface area contributed by atoms with Gasteiger partial charge in [-0.3, -0.25) is 4.99 Å². The van der Waals surface area contributed by atoms with Gasteiger partial charge in [0.25, 0.3) is 0 Å². The van der Waals surface area contributed by atoms with Crippen LogP contribution in [0, 0.1) is 11.8 Å². The van der Waals surface area contributed by atoms with Gasteiger partial charge < -0.3 is 0 Å². The van der Waals surface area contributed by atoms with Gasteiger partial charge in [-0.15, -0.1) is 0 Å². The molecule has 1 nitrogen and oxygen atoms in total. The van der Waals surface area contributed by atoms with E-state index in [1.165, 1.54) is 50.7 Å². The number of aliphatic imine (C=N–C) groups is 1. The van der Waals surface area contributed by atoms with Gasteiger partial charge in [-0.25, -0.2) is 0 Å². The van der Waals surface area contributed by atoms with E-state index < -0.39 is 0 Å². The normalized spacial score (nSPS) is 31.2. The van der Waals surface area contributed by atoms with Gasteiger partial charge >= 0.3 is 0 Å². The van der Waals surface area contributed by atoms with Crippen LogP contribution in [0.5, 0.6) is 0 Å². The average molecular weight is 227 g/mol. The molecular weight excluding hydrogens is 206 g/mol. The molecule has 0 heterocycles. The molecule has 0 amide bonds. The Balaban J connectivity index is 1.83. The molecule has 0 saturated heterocycles.